The molecule has 1 atom stereocenters. The number of nitrogens with two attached hydrogens (primary N) is 1. The Morgan fingerprint density at radius 1 is 0.973 bits per heavy atom. The molecule has 2 amide bonds. The third kappa shape index (κ3) is 7.08. The van der Waals surface area contributed by atoms with Crippen molar-refractivity contribution in [2.24, 2.45) is 10.7 Å². The summed E-state index contributed by atoms with van der Waals surface area (Å²) in [7, 11) is 0. The van der Waals surface area contributed by atoms with Gasteiger partial charge in [-0.25, -0.2) is 0 Å². The molecular formula is C27H34F3N5O2. The van der Waals surface area contributed by atoms with Gasteiger partial charge in [-0.3, -0.25) is 19.6 Å². The minimum absolute atomic E-state index is 0.195. The number of carbonyl (C=O) groups excluding carboxylic acids is 2. The lowest BCUT2D eigenvalue weighted by Crippen LogP contribution is -2.52. The number of pyridine rings is 1. The number of rotatable bonds is 9. The number of unbranched alkanes of at least 4 members (excludes halogenated alkanes) is 3. The Morgan fingerprint density at radius 2 is 1.62 bits per heavy atom. The molecule has 7 nitrogen and oxygen atoms in total. The molecule has 2 N–H and O–H groups in total. The van der Waals surface area contributed by atoms with Gasteiger partial charge >= 0.3 is 6.18 Å². The van der Waals surface area contributed by atoms with E-state index in [9.17, 15) is 22.8 Å². The van der Waals surface area contributed by atoms with Gasteiger partial charge in [0.25, 0.3) is 5.91 Å². The quantitative estimate of drug-likeness (QED) is 0.301. The Morgan fingerprint density at radius 3 is 2.22 bits per heavy atom. The van der Waals surface area contributed by atoms with Crippen LogP contribution in [0.4, 0.5) is 13.2 Å². The highest BCUT2D eigenvalue weighted by Gasteiger charge is 2.37. The van der Waals surface area contributed by atoms with Gasteiger partial charge in [-0.15, -0.1) is 0 Å². The van der Waals surface area contributed by atoms with Gasteiger partial charge in [-0.1, -0.05) is 50.8 Å². The second-order valence-electron chi connectivity index (χ2n) is 9.42. The van der Waals surface area contributed by atoms with E-state index in [4.69, 9.17) is 10.7 Å². The Kier molecular flexibility index (Phi) is 9.29. The van der Waals surface area contributed by atoms with Crippen molar-refractivity contribution in [3.63, 3.8) is 0 Å². The van der Waals surface area contributed by atoms with Gasteiger partial charge in [0.15, 0.2) is 5.84 Å². The normalized spacial score (nSPS) is 16.4. The Hall–Kier alpha value is -3.43. The van der Waals surface area contributed by atoms with E-state index in [1.807, 2.05) is 11.0 Å². The monoisotopic (exact) mass is 517 g/mol. The van der Waals surface area contributed by atoms with Crippen molar-refractivity contribution < 1.29 is 22.8 Å². The van der Waals surface area contributed by atoms with Gasteiger partial charge in [0.2, 0.25) is 5.91 Å². The van der Waals surface area contributed by atoms with Crippen LogP contribution in [0.1, 0.15) is 67.6 Å². The number of aliphatic imine (C=N–C) groups is 1. The van der Waals surface area contributed by atoms with Gasteiger partial charge in [-0.05, 0) is 37.6 Å². The summed E-state index contributed by atoms with van der Waals surface area (Å²) in [6, 6.07) is 10.2. The van der Waals surface area contributed by atoms with E-state index in [1.54, 1.807) is 25.3 Å². The number of carbonyl (C=O) groups is 2. The van der Waals surface area contributed by atoms with Crippen molar-refractivity contribution in [1.82, 2.24) is 14.8 Å². The molecular weight excluding hydrogens is 483 g/mol. The Bertz CT molecular complexity index is 1100. The molecule has 0 radical (unpaired) electrons. The van der Waals surface area contributed by atoms with Gasteiger partial charge in [0.05, 0.1) is 11.1 Å². The first-order valence-electron chi connectivity index (χ1n) is 12.6. The van der Waals surface area contributed by atoms with Crippen LogP contribution in [-0.4, -0.2) is 64.2 Å². The summed E-state index contributed by atoms with van der Waals surface area (Å²) < 4.78 is 40.3. The average molecular weight is 518 g/mol. The number of amidine groups is 1. The van der Waals surface area contributed by atoms with E-state index >= 15 is 0 Å². The van der Waals surface area contributed by atoms with Crippen molar-refractivity contribution in [2.75, 3.05) is 26.2 Å². The van der Waals surface area contributed by atoms with E-state index in [2.05, 4.69) is 11.9 Å². The highest BCUT2D eigenvalue weighted by atomic mass is 19.4. The lowest BCUT2D eigenvalue weighted by Gasteiger charge is -2.37. The largest absolute Gasteiger partial charge is 0.417 e. The topological polar surface area (TPSA) is 91.9 Å². The van der Waals surface area contributed by atoms with Crippen LogP contribution < -0.4 is 5.73 Å². The number of benzene rings is 1. The molecule has 1 aliphatic rings. The minimum Gasteiger partial charge on any atom is -0.368 e. The summed E-state index contributed by atoms with van der Waals surface area (Å²) in [6.07, 6.45) is 1.38. The first-order valence-corrected chi connectivity index (χ1v) is 12.6. The highest BCUT2D eigenvalue weighted by molar-refractivity contribution is 6.00. The molecule has 1 unspecified atom stereocenters. The van der Waals surface area contributed by atoms with Crippen LogP contribution in [0.2, 0.25) is 0 Å². The van der Waals surface area contributed by atoms with Crippen LogP contribution >= 0.6 is 0 Å². The highest BCUT2D eigenvalue weighted by Crippen LogP contribution is 2.32. The SMILES string of the molecule is CCCCCCC(C)(N=C(c1ccccn1)N1CCN(C(=O)c2ccccc2C(F)(F)F)CC1)C(N)=O. The molecule has 0 bridgehead atoms. The van der Waals surface area contributed by atoms with Crippen LogP contribution in [0, 0.1) is 0 Å². The van der Waals surface area contributed by atoms with Gasteiger partial charge in [0.1, 0.15) is 11.2 Å². The zero-order chi connectivity index (χ0) is 27.1. The molecule has 0 saturated carbocycles. The fraction of sp³-hybridized carbons (Fsp3) is 0.481. The Labute approximate surface area is 215 Å². The maximum absolute atomic E-state index is 13.4. The first kappa shape index (κ1) is 28.1. The standard InChI is InChI=1S/C27H34F3N5O2/c1-3-4-5-9-14-26(2,25(31)37)33-23(22-13-8-10-15-32-22)34-16-18-35(19-17-34)24(36)20-11-6-7-12-21(20)27(28,29)30/h6-8,10-13,15H,3-5,9,14,16-19H2,1-2H3,(H2,31,37). The molecule has 1 fully saturated rings. The molecule has 0 aliphatic carbocycles. The molecule has 37 heavy (non-hydrogen) atoms. The van der Waals surface area contributed by atoms with Crippen LogP contribution in [0.3, 0.4) is 0 Å². The van der Waals surface area contributed by atoms with E-state index in [-0.39, 0.29) is 18.7 Å². The number of aromatic nitrogens is 1. The number of halogens is 3. The summed E-state index contributed by atoms with van der Waals surface area (Å²) in [6.45, 7) is 4.86. The lowest BCUT2D eigenvalue weighted by atomic mass is 9.93. The zero-order valence-electron chi connectivity index (χ0n) is 21.3. The van der Waals surface area contributed by atoms with Gasteiger partial charge < -0.3 is 15.5 Å². The summed E-state index contributed by atoms with van der Waals surface area (Å²) in [5.41, 5.74) is 3.90. The third-order valence-electron chi connectivity index (χ3n) is 6.62. The Balaban J connectivity index is 1.83. The average Bonchev–Trinajstić information content (AvgIpc) is 2.89. The molecule has 1 aliphatic heterocycles. The van der Waals surface area contributed by atoms with E-state index in [0.717, 1.165) is 31.7 Å². The van der Waals surface area contributed by atoms with Crippen LogP contribution in [0.15, 0.2) is 53.7 Å². The number of alkyl halides is 3. The molecule has 2 aromatic rings. The number of amides is 2. The van der Waals surface area contributed by atoms with Crippen LogP contribution in [0.5, 0.6) is 0 Å². The lowest BCUT2D eigenvalue weighted by molar-refractivity contribution is -0.138. The molecule has 1 saturated heterocycles. The summed E-state index contributed by atoms with van der Waals surface area (Å²) in [5, 5.41) is 0. The van der Waals surface area contributed by atoms with Crippen LogP contribution in [-0.2, 0) is 11.0 Å². The fourth-order valence-electron chi connectivity index (χ4n) is 4.36. The smallest absolute Gasteiger partial charge is 0.368 e. The zero-order valence-corrected chi connectivity index (χ0v) is 21.3. The third-order valence-corrected chi connectivity index (χ3v) is 6.62. The summed E-state index contributed by atoms with van der Waals surface area (Å²) >= 11 is 0. The van der Waals surface area contributed by atoms with Crippen molar-refractivity contribution in [3.8, 4) is 0 Å². The van der Waals surface area contributed by atoms with Gasteiger partial charge in [0, 0.05) is 32.4 Å². The fourth-order valence-corrected chi connectivity index (χ4v) is 4.36. The molecule has 1 aromatic carbocycles. The van der Waals surface area contributed by atoms with E-state index in [0.29, 0.717) is 31.0 Å². The number of hydrogen-bond acceptors (Lipinski definition) is 4. The molecule has 2 heterocycles. The second-order valence-corrected chi connectivity index (χ2v) is 9.42. The molecule has 0 spiro atoms. The second kappa shape index (κ2) is 12.2. The van der Waals surface area contributed by atoms with Crippen molar-refractivity contribution in [3.05, 3.63) is 65.5 Å². The number of hydrogen-bond donors (Lipinski definition) is 1. The number of nitrogens with zero attached hydrogens (tertiary/aromatic N) is 4. The maximum Gasteiger partial charge on any atom is 0.417 e. The summed E-state index contributed by atoms with van der Waals surface area (Å²) in [5.74, 6) is -0.711. The minimum atomic E-state index is -4.62. The van der Waals surface area contributed by atoms with E-state index < -0.39 is 29.1 Å². The van der Waals surface area contributed by atoms with E-state index in [1.165, 1.54) is 23.1 Å². The number of primary amides is 1. The molecule has 1 aromatic heterocycles. The van der Waals surface area contributed by atoms with Crippen molar-refractivity contribution >= 4 is 17.6 Å². The summed E-state index contributed by atoms with van der Waals surface area (Å²) in [4.78, 5) is 38.1. The molecule has 3 rings (SSSR count). The first-order chi connectivity index (χ1) is 17.6. The van der Waals surface area contributed by atoms with Crippen molar-refractivity contribution in [2.45, 2.75) is 57.7 Å². The maximum atomic E-state index is 13.4. The number of piperazine rings is 1. The predicted molar refractivity (Wildman–Crippen MR) is 136 cm³/mol. The molecule has 10 heteroatoms. The van der Waals surface area contributed by atoms with Gasteiger partial charge in [-0.2, -0.15) is 13.2 Å². The predicted octanol–water partition coefficient (Wildman–Crippen LogP) is 4.52. The van der Waals surface area contributed by atoms with Crippen molar-refractivity contribution in [1.29, 1.82) is 0 Å². The molecule has 200 valence electrons. The van der Waals surface area contributed by atoms with Crippen LogP contribution in [0.25, 0.3) is 0 Å².